The van der Waals surface area contributed by atoms with Crippen molar-refractivity contribution in [2.45, 2.75) is 36.6 Å². The van der Waals surface area contributed by atoms with Gasteiger partial charge in [-0.1, -0.05) is 30.3 Å². The summed E-state index contributed by atoms with van der Waals surface area (Å²) in [6.07, 6.45) is 3.90. The van der Waals surface area contributed by atoms with E-state index in [2.05, 4.69) is 16.5 Å². The van der Waals surface area contributed by atoms with Gasteiger partial charge in [0.05, 0.1) is 21.0 Å². The van der Waals surface area contributed by atoms with Crippen molar-refractivity contribution in [2.24, 2.45) is 0 Å². The first-order chi connectivity index (χ1) is 20.9. The Bertz CT molecular complexity index is 2030. The third-order valence-electron chi connectivity index (χ3n) is 8.04. The fourth-order valence-corrected chi connectivity index (χ4v) is 6.94. The first kappa shape index (κ1) is 29.9. The fraction of sp³-hybridized carbons (Fsp3) is 0.290. The Kier molecular flexibility index (Phi) is 7.53. The number of sulfone groups is 1. The predicted octanol–water partition coefficient (Wildman–Crippen LogP) is 4.88. The maximum atomic E-state index is 16.0. The number of carbonyl (C=O) groups excluding carboxylic acids is 1. The van der Waals surface area contributed by atoms with Crippen LogP contribution < -0.4 is 10.6 Å². The molecule has 2 fully saturated rings. The van der Waals surface area contributed by atoms with Crippen LogP contribution in [-0.2, 0) is 14.6 Å². The molecule has 9 nitrogen and oxygen atoms in total. The molecular formula is C31H28ClF2N5O4S. The molecule has 6 rings (SSSR count). The zero-order valence-electron chi connectivity index (χ0n) is 23.9. The van der Waals surface area contributed by atoms with Crippen LogP contribution in [-0.4, -0.2) is 65.7 Å². The van der Waals surface area contributed by atoms with Gasteiger partial charge in [0.2, 0.25) is 5.91 Å². The van der Waals surface area contributed by atoms with Crippen molar-refractivity contribution in [2.75, 3.05) is 30.8 Å². The van der Waals surface area contributed by atoms with Crippen LogP contribution in [0, 0.1) is 11.6 Å². The van der Waals surface area contributed by atoms with Crippen molar-refractivity contribution >= 4 is 44.2 Å². The highest BCUT2D eigenvalue weighted by molar-refractivity contribution is 7.90. The highest BCUT2D eigenvalue weighted by Crippen LogP contribution is 2.45. The summed E-state index contributed by atoms with van der Waals surface area (Å²) in [6, 6.07) is 9.12. The second kappa shape index (κ2) is 11.1. The number of hydrogen-bond donors (Lipinski definition) is 0. The van der Waals surface area contributed by atoms with Gasteiger partial charge in [0.1, 0.15) is 23.1 Å². The molecule has 3 heterocycles. The van der Waals surface area contributed by atoms with E-state index in [1.54, 1.807) is 21.9 Å². The van der Waals surface area contributed by atoms with E-state index in [-0.39, 0.29) is 68.1 Å². The zero-order chi connectivity index (χ0) is 31.5. The molecule has 4 aromatic rings. The molecule has 0 N–H and O–H groups in total. The summed E-state index contributed by atoms with van der Waals surface area (Å²) < 4.78 is 57.1. The van der Waals surface area contributed by atoms with Crippen LogP contribution in [0.1, 0.15) is 31.2 Å². The van der Waals surface area contributed by atoms with Crippen LogP contribution in [0.4, 0.5) is 14.6 Å². The first-order valence-corrected chi connectivity index (χ1v) is 16.3. The molecule has 1 saturated heterocycles. The van der Waals surface area contributed by atoms with Crippen molar-refractivity contribution in [1.29, 1.82) is 0 Å². The zero-order valence-corrected chi connectivity index (χ0v) is 25.5. The van der Waals surface area contributed by atoms with Crippen molar-refractivity contribution in [3.8, 4) is 16.9 Å². The smallest absolute Gasteiger partial charge is 0.350 e. The van der Waals surface area contributed by atoms with Gasteiger partial charge in [-0.2, -0.15) is 4.98 Å². The summed E-state index contributed by atoms with van der Waals surface area (Å²) in [5.74, 6) is -1.49. The Balaban J connectivity index is 1.67. The predicted molar refractivity (Wildman–Crippen MR) is 164 cm³/mol. The number of nitrogens with zero attached hydrogens (tertiary/aromatic N) is 5. The molecule has 1 amide bonds. The Morgan fingerprint density at radius 3 is 2.50 bits per heavy atom. The quantitative estimate of drug-likeness (QED) is 0.277. The van der Waals surface area contributed by atoms with Gasteiger partial charge in [0.25, 0.3) is 0 Å². The number of pyridine rings is 1. The lowest BCUT2D eigenvalue weighted by Gasteiger charge is -2.40. The summed E-state index contributed by atoms with van der Waals surface area (Å²) in [6.45, 7) is 6.29. The molecule has 0 radical (unpaired) electrons. The van der Waals surface area contributed by atoms with Gasteiger partial charge >= 0.3 is 5.69 Å². The Labute approximate surface area is 257 Å². The number of halogens is 3. The highest BCUT2D eigenvalue weighted by atomic mass is 35.5. The SMILES string of the molecule is C=CC(=O)N1CCN(c2nc(=O)n(-c3c(C4CC4)cccc3S(C)(=O)=O)c3nc(-c4ccc(F)cc4Cl)c(F)cc23)[C@@H](C)C1. The third-order valence-corrected chi connectivity index (χ3v) is 9.49. The average molecular weight is 640 g/mol. The van der Waals surface area contributed by atoms with Gasteiger partial charge < -0.3 is 9.80 Å². The Morgan fingerprint density at radius 2 is 1.86 bits per heavy atom. The molecule has 2 aliphatic rings. The molecule has 1 aliphatic carbocycles. The normalized spacial score (nSPS) is 17.2. The molecule has 1 aliphatic heterocycles. The molecular weight excluding hydrogens is 612 g/mol. The molecule has 0 spiro atoms. The maximum absolute atomic E-state index is 16.0. The van der Waals surface area contributed by atoms with Gasteiger partial charge in [-0.15, -0.1) is 0 Å². The monoisotopic (exact) mass is 639 g/mol. The Hall–Kier alpha value is -4.16. The number of para-hydroxylation sites is 1. The van der Waals surface area contributed by atoms with Gasteiger partial charge in [-0.05, 0) is 67.7 Å². The lowest BCUT2D eigenvalue weighted by molar-refractivity contribution is -0.126. The molecule has 1 atom stereocenters. The summed E-state index contributed by atoms with van der Waals surface area (Å²) >= 11 is 6.30. The molecule has 2 aromatic carbocycles. The van der Waals surface area contributed by atoms with E-state index in [1.165, 1.54) is 24.3 Å². The minimum atomic E-state index is -3.84. The van der Waals surface area contributed by atoms with Gasteiger partial charge in [0, 0.05) is 37.5 Å². The number of amides is 1. The molecule has 0 unspecified atom stereocenters. The average Bonchev–Trinajstić information content (AvgIpc) is 3.82. The van der Waals surface area contributed by atoms with E-state index in [0.29, 0.717) is 18.7 Å². The van der Waals surface area contributed by atoms with Gasteiger partial charge in [-0.3, -0.25) is 4.79 Å². The van der Waals surface area contributed by atoms with E-state index < -0.39 is 27.2 Å². The van der Waals surface area contributed by atoms with E-state index in [1.807, 2.05) is 6.92 Å². The molecule has 13 heteroatoms. The number of hydrogen-bond acceptors (Lipinski definition) is 7. The van der Waals surface area contributed by atoms with E-state index in [4.69, 9.17) is 11.6 Å². The van der Waals surface area contributed by atoms with Crippen molar-refractivity contribution in [1.82, 2.24) is 19.4 Å². The number of fused-ring (bicyclic) bond motifs is 1. The summed E-state index contributed by atoms with van der Waals surface area (Å²) in [7, 11) is -3.84. The van der Waals surface area contributed by atoms with Crippen LogP contribution in [0.25, 0.3) is 28.0 Å². The number of benzene rings is 2. The lowest BCUT2D eigenvalue weighted by Crippen LogP contribution is -2.54. The summed E-state index contributed by atoms with van der Waals surface area (Å²) in [5.41, 5.74) is -0.232. The van der Waals surface area contributed by atoms with Crippen LogP contribution in [0.3, 0.4) is 0 Å². The number of piperazine rings is 1. The van der Waals surface area contributed by atoms with Crippen LogP contribution in [0.5, 0.6) is 0 Å². The standard InChI is InChI=1S/C31H28ClF2N5O4S/c1-4-26(40)37-12-13-38(17(2)16-37)29-22-15-24(34)27(21-11-10-19(33)14-23(21)32)35-30(22)39(31(41)36-29)28-20(18-8-9-18)6-5-7-25(28)44(3,42)43/h4-7,10-11,14-15,17-18H,1,8-9,12-13,16H2,2-3H3/t17-/m0/s1. The Morgan fingerprint density at radius 1 is 1.11 bits per heavy atom. The van der Waals surface area contributed by atoms with E-state index >= 15 is 4.39 Å². The largest absolute Gasteiger partial charge is 0.355 e. The van der Waals surface area contributed by atoms with Gasteiger partial charge in [-0.25, -0.2) is 31.5 Å². The number of rotatable bonds is 6. The van der Waals surface area contributed by atoms with Gasteiger partial charge in [0.15, 0.2) is 15.5 Å². The topological polar surface area (TPSA) is 105 Å². The molecule has 44 heavy (non-hydrogen) atoms. The van der Waals surface area contributed by atoms with E-state index in [0.717, 1.165) is 35.8 Å². The first-order valence-electron chi connectivity index (χ1n) is 14.0. The summed E-state index contributed by atoms with van der Waals surface area (Å²) in [5, 5.41) is 0.0650. The molecule has 0 bridgehead atoms. The summed E-state index contributed by atoms with van der Waals surface area (Å²) in [4.78, 5) is 38.7. The van der Waals surface area contributed by atoms with Crippen LogP contribution >= 0.6 is 11.6 Å². The lowest BCUT2D eigenvalue weighted by atomic mass is 10.1. The second-order valence-electron chi connectivity index (χ2n) is 11.1. The minimum absolute atomic E-state index is 0.0234. The van der Waals surface area contributed by atoms with Crippen LogP contribution in [0.15, 0.2) is 64.8 Å². The fourth-order valence-electron chi connectivity index (χ4n) is 5.80. The molecule has 1 saturated carbocycles. The van der Waals surface area contributed by atoms with E-state index in [9.17, 15) is 22.4 Å². The van der Waals surface area contributed by atoms with Crippen molar-refractivity contribution in [3.63, 3.8) is 0 Å². The molecule has 2 aromatic heterocycles. The number of anilines is 1. The highest BCUT2D eigenvalue weighted by Gasteiger charge is 2.34. The maximum Gasteiger partial charge on any atom is 0.355 e. The second-order valence-corrected chi connectivity index (χ2v) is 13.5. The molecule has 228 valence electrons. The third kappa shape index (κ3) is 5.26. The van der Waals surface area contributed by atoms with Crippen LogP contribution in [0.2, 0.25) is 5.02 Å². The minimum Gasteiger partial charge on any atom is -0.350 e. The number of aromatic nitrogens is 3. The van der Waals surface area contributed by atoms with Crippen molar-refractivity contribution in [3.05, 3.63) is 87.8 Å². The van der Waals surface area contributed by atoms with Crippen molar-refractivity contribution < 1.29 is 22.0 Å². The number of carbonyl (C=O) groups is 1.